The van der Waals surface area contributed by atoms with E-state index < -0.39 is 15.9 Å². The van der Waals surface area contributed by atoms with Crippen molar-refractivity contribution in [1.82, 2.24) is 8.87 Å². The molecule has 1 aromatic heterocycles. The summed E-state index contributed by atoms with van der Waals surface area (Å²) >= 11 is 7.29. The van der Waals surface area contributed by atoms with Crippen LogP contribution < -0.4 is 14.3 Å². The fourth-order valence-corrected chi connectivity index (χ4v) is 6.85. The quantitative estimate of drug-likeness (QED) is 0.488. The first-order valence-corrected chi connectivity index (χ1v) is 13.5. The molecule has 4 rings (SSSR count). The van der Waals surface area contributed by atoms with Gasteiger partial charge in [0.05, 0.1) is 35.2 Å². The Bertz CT molecular complexity index is 1380. The monoisotopic (exact) mass is 523 g/mol. The number of methoxy groups -OCH3 is 2. The lowest BCUT2D eigenvalue weighted by molar-refractivity contribution is -0.122. The number of sulfonamides is 1. The van der Waals surface area contributed by atoms with E-state index in [1.807, 2.05) is 23.6 Å². The lowest BCUT2D eigenvalue weighted by Gasteiger charge is -2.30. The van der Waals surface area contributed by atoms with Crippen LogP contribution in [-0.2, 0) is 21.4 Å². The third-order valence-electron chi connectivity index (χ3n) is 5.89. The molecule has 0 radical (unpaired) electrons. The van der Waals surface area contributed by atoms with Crippen molar-refractivity contribution in [3.8, 4) is 11.5 Å². The van der Waals surface area contributed by atoms with Crippen LogP contribution in [-0.4, -0.2) is 50.5 Å². The van der Waals surface area contributed by atoms with Crippen molar-refractivity contribution in [2.75, 3.05) is 27.3 Å². The van der Waals surface area contributed by atoms with Crippen molar-refractivity contribution in [3.05, 3.63) is 46.2 Å². The van der Waals surface area contributed by atoms with Gasteiger partial charge < -0.3 is 14.0 Å². The molecule has 1 amide bonds. The number of carbonyl (C=O) groups is 1. The lowest BCUT2D eigenvalue weighted by atomic mass is 9.99. The second kappa shape index (κ2) is 10.1. The lowest BCUT2D eigenvalue weighted by Crippen LogP contribution is -2.42. The number of benzene rings is 2. The van der Waals surface area contributed by atoms with Gasteiger partial charge in [-0.2, -0.15) is 9.30 Å². The normalized spacial score (nSPS) is 17.8. The largest absolute Gasteiger partial charge is 0.493 e. The SMILES string of the molecule is CCn1c(=NC(=O)C2CCCN(S(=O)(=O)c3ccc(Cl)cc3)C2)sc2cc(OC)c(OC)cc21. The van der Waals surface area contributed by atoms with E-state index in [-0.39, 0.29) is 17.3 Å². The minimum Gasteiger partial charge on any atom is -0.493 e. The first-order valence-electron chi connectivity index (χ1n) is 10.9. The van der Waals surface area contributed by atoms with E-state index in [9.17, 15) is 13.2 Å². The molecular formula is C23H26ClN3O5S2. The van der Waals surface area contributed by atoms with Crippen LogP contribution in [0.25, 0.3) is 10.2 Å². The van der Waals surface area contributed by atoms with Gasteiger partial charge in [0.25, 0.3) is 5.91 Å². The Morgan fingerprint density at radius 3 is 2.50 bits per heavy atom. The highest BCUT2D eigenvalue weighted by molar-refractivity contribution is 7.89. The number of fused-ring (bicyclic) bond motifs is 1. The molecule has 2 aromatic carbocycles. The predicted molar refractivity (Wildman–Crippen MR) is 132 cm³/mol. The van der Waals surface area contributed by atoms with Gasteiger partial charge in [-0.1, -0.05) is 22.9 Å². The molecule has 182 valence electrons. The number of aryl methyl sites for hydroxylation is 1. The highest BCUT2D eigenvalue weighted by Crippen LogP contribution is 2.33. The number of halogens is 1. The van der Waals surface area contributed by atoms with Crippen LogP contribution >= 0.6 is 22.9 Å². The summed E-state index contributed by atoms with van der Waals surface area (Å²) in [6.45, 7) is 3.06. The molecule has 0 aliphatic carbocycles. The fourth-order valence-electron chi connectivity index (χ4n) is 4.09. The maximum atomic E-state index is 13.2. The zero-order valence-corrected chi connectivity index (χ0v) is 21.5. The number of amides is 1. The zero-order valence-electron chi connectivity index (χ0n) is 19.2. The maximum Gasteiger partial charge on any atom is 0.252 e. The summed E-state index contributed by atoms with van der Waals surface area (Å²) in [4.78, 5) is 18.3. The van der Waals surface area contributed by atoms with Crippen LogP contribution in [0.3, 0.4) is 0 Å². The molecular weight excluding hydrogens is 498 g/mol. The van der Waals surface area contributed by atoms with Crippen LogP contribution in [0, 0.1) is 5.92 Å². The van der Waals surface area contributed by atoms with Crippen LogP contribution in [0.5, 0.6) is 11.5 Å². The van der Waals surface area contributed by atoms with E-state index in [1.165, 1.54) is 27.8 Å². The van der Waals surface area contributed by atoms with Gasteiger partial charge in [0.15, 0.2) is 16.3 Å². The molecule has 2 heterocycles. The average molecular weight is 524 g/mol. The minimum absolute atomic E-state index is 0.103. The molecule has 1 saturated heterocycles. The summed E-state index contributed by atoms with van der Waals surface area (Å²) < 4.78 is 41.2. The van der Waals surface area contributed by atoms with Gasteiger partial charge in [0.2, 0.25) is 10.0 Å². The minimum atomic E-state index is -3.72. The second-order valence-electron chi connectivity index (χ2n) is 7.91. The van der Waals surface area contributed by atoms with E-state index in [0.717, 1.165) is 10.2 Å². The molecule has 1 aliphatic rings. The van der Waals surface area contributed by atoms with Gasteiger partial charge in [-0.3, -0.25) is 4.79 Å². The first kappa shape index (κ1) is 24.7. The van der Waals surface area contributed by atoms with Crippen LogP contribution in [0.2, 0.25) is 5.02 Å². The molecule has 0 bridgehead atoms. The molecule has 0 saturated carbocycles. The molecule has 34 heavy (non-hydrogen) atoms. The molecule has 11 heteroatoms. The van der Waals surface area contributed by atoms with E-state index >= 15 is 0 Å². The predicted octanol–water partition coefficient (Wildman–Crippen LogP) is 3.92. The van der Waals surface area contributed by atoms with Crippen molar-refractivity contribution in [2.45, 2.75) is 31.2 Å². The Balaban J connectivity index is 1.64. The summed E-state index contributed by atoms with van der Waals surface area (Å²) in [7, 11) is -0.563. The molecule has 0 spiro atoms. The van der Waals surface area contributed by atoms with Crippen molar-refractivity contribution < 1.29 is 22.7 Å². The summed E-state index contributed by atoms with van der Waals surface area (Å²) in [6.07, 6.45) is 1.18. The van der Waals surface area contributed by atoms with E-state index in [2.05, 4.69) is 4.99 Å². The Morgan fingerprint density at radius 1 is 1.18 bits per heavy atom. The average Bonchev–Trinajstić information content (AvgIpc) is 3.18. The van der Waals surface area contributed by atoms with Crippen molar-refractivity contribution in [2.24, 2.45) is 10.9 Å². The number of carbonyl (C=O) groups excluding carboxylic acids is 1. The number of hydrogen-bond donors (Lipinski definition) is 0. The molecule has 0 N–H and O–H groups in total. The third kappa shape index (κ3) is 4.72. The molecule has 1 unspecified atom stereocenters. The number of ether oxygens (including phenoxy) is 2. The number of rotatable bonds is 6. The summed E-state index contributed by atoms with van der Waals surface area (Å²) in [5.74, 6) is 0.384. The third-order valence-corrected chi connectivity index (χ3v) is 9.07. The Labute approximate surface area is 207 Å². The molecule has 3 aromatic rings. The van der Waals surface area contributed by atoms with Gasteiger partial charge in [-0.15, -0.1) is 0 Å². The standard InChI is InChI=1S/C23H26ClN3O5S2/c1-4-27-18-12-19(31-2)20(32-3)13-21(18)33-23(27)25-22(28)15-6-5-11-26(14-15)34(29,30)17-9-7-16(24)8-10-17/h7-10,12-13,15H,4-6,11,14H2,1-3H3. The molecule has 1 fully saturated rings. The smallest absolute Gasteiger partial charge is 0.252 e. The van der Waals surface area contributed by atoms with Crippen molar-refractivity contribution in [3.63, 3.8) is 0 Å². The Hall–Kier alpha value is -2.40. The highest BCUT2D eigenvalue weighted by Gasteiger charge is 2.33. The van der Waals surface area contributed by atoms with Gasteiger partial charge in [0, 0.05) is 36.8 Å². The number of hydrogen-bond acceptors (Lipinski definition) is 6. The van der Waals surface area contributed by atoms with Crippen LogP contribution in [0.1, 0.15) is 19.8 Å². The second-order valence-corrected chi connectivity index (χ2v) is 11.3. The summed E-state index contributed by atoms with van der Waals surface area (Å²) in [5, 5.41) is 0.465. The highest BCUT2D eigenvalue weighted by atomic mass is 35.5. The number of piperidine rings is 1. The van der Waals surface area contributed by atoms with Crippen LogP contribution in [0.15, 0.2) is 46.3 Å². The molecule has 8 nitrogen and oxygen atoms in total. The van der Waals surface area contributed by atoms with Crippen molar-refractivity contribution >= 4 is 49.1 Å². The Kier molecular flexibility index (Phi) is 7.32. The van der Waals surface area contributed by atoms with Crippen molar-refractivity contribution in [1.29, 1.82) is 0 Å². The summed E-state index contributed by atoms with van der Waals surface area (Å²) in [6, 6.07) is 9.81. The molecule has 1 aliphatic heterocycles. The van der Waals surface area contributed by atoms with E-state index in [4.69, 9.17) is 21.1 Å². The Morgan fingerprint density at radius 2 is 1.85 bits per heavy atom. The first-order chi connectivity index (χ1) is 16.3. The van der Waals surface area contributed by atoms with E-state index in [0.29, 0.717) is 47.3 Å². The molecule has 1 atom stereocenters. The summed E-state index contributed by atoms with van der Waals surface area (Å²) in [5.41, 5.74) is 0.896. The zero-order chi connectivity index (χ0) is 24.5. The number of nitrogens with zero attached hydrogens (tertiary/aromatic N) is 3. The van der Waals surface area contributed by atoms with Gasteiger partial charge in [-0.05, 0) is 44.0 Å². The topological polar surface area (TPSA) is 90.2 Å². The maximum absolute atomic E-state index is 13.2. The number of aromatic nitrogens is 1. The van der Waals surface area contributed by atoms with Crippen LogP contribution in [0.4, 0.5) is 0 Å². The fraction of sp³-hybridized carbons (Fsp3) is 0.391. The van der Waals surface area contributed by atoms with Gasteiger partial charge in [-0.25, -0.2) is 8.42 Å². The van der Waals surface area contributed by atoms with Gasteiger partial charge >= 0.3 is 0 Å². The number of thiazole rings is 1. The van der Waals surface area contributed by atoms with Gasteiger partial charge in [0.1, 0.15) is 0 Å². The van der Waals surface area contributed by atoms with E-state index in [1.54, 1.807) is 26.4 Å².